The van der Waals surface area contributed by atoms with E-state index in [-0.39, 0.29) is 11.6 Å². The van der Waals surface area contributed by atoms with Crippen molar-refractivity contribution in [3.8, 4) is 0 Å². The zero-order chi connectivity index (χ0) is 9.14. The summed E-state index contributed by atoms with van der Waals surface area (Å²) in [5.74, 6) is -1.98. The molecule has 2 nitrogen and oxygen atoms in total. The average Bonchev–Trinajstić information content (AvgIpc) is 2.01. The van der Waals surface area contributed by atoms with Crippen molar-refractivity contribution in [2.45, 2.75) is 6.54 Å². The van der Waals surface area contributed by atoms with Crippen LogP contribution in [0.5, 0.6) is 0 Å². The molecule has 1 aromatic rings. The fourth-order valence-corrected chi connectivity index (χ4v) is 1.00. The summed E-state index contributed by atoms with van der Waals surface area (Å²) < 4.78 is 25.0. The lowest BCUT2D eigenvalue weighted by molar-refractivity contribution is 0.161. The van der Waals surface area contributed by atoms with Crippen molar-refractivity contribution in [3.05, 3.63) is 34.4 Å². The Morgan fingerprint density at radius 2 is 1.92 bits per heavy atom. The number of hydrogen-bond donors (Lipinski definition) is 2. The number of benzene rings is 1. The topological polar surface area (TPSA) is 32.3 Å². The van der Waals surface area contributed by atoms with Crippen LogP contribution in [0.4, 0.5) is 8.78 Å². The smallest absolute Gasteiger partial charge is 0.160 e. The third-order valence-corrected chi connectivity index (χ3v) is 1.71. The lowest BCUT2D eigenvalue weighted by Crippen LogP contribution is -2.07. The van der Waals surface area contributed by atoms with Crippen molar-refractivity contribution < 1.29 is 14.0 Å². The maximum Gasteiger partial charge on any atom is 0.160 e. The van der Waals surface area contributed by atoms with Crippen LogP contribution in [0.25, 0.3) is 0 Å². The molecule has 66 valence electrons. The van der Waals surface area contributed by atoms with Gasteiger partial charge >= 0.3 is 0 Å². The van der Waals surface area contributed by atoms with Gasteiger partial charge in [0.25, 0.3) is 0 Å². The molecule has 0 aromatic heterocycles. The SMILES string of the molecule is ONCc1cc(F)c(F)cc1Cl. The lowest BCUT2D eigenvalue weighted by Gasteiger charge is -2.02. The molecule has 0 spiro atoms. The molecule has 0 fully saturated rings. The van der Waals surface area contributed by atoms with Crippen LogP contribution in [-0.2, 0) is 6.54 Å². The molecule has 0 atom stereocenters. The lowest BCUT2D eigenvalue weighted by atomic mass is 10.2. The van der Waals surface area contributed by atoms with Gasteiger partial charge in [-0.2, -0.15) is 0 Å². The molecular formula is C7H6ClF2NO. The first kappa shape index (κ1) is 9.38. The summed E-state index contributed by atoms with van der Waals surface area (Å²) in [5, 5.41) is 8.36. The number of rotatable bonds is 2. The molecule has 0 aliphatic rings. The largest absolute Gasteiger partial charge is 0.316 e. The quantitative estimate of drug-likeness (QED) is 0.557. The second kappa shape index (κ2) is 3.80. The minimum absolute atomic E-state index is 0.0178. The van der Waals surface area contributed by atoms with Crippen molar-refractivity contribution >= 4 is 11.6 Å². The van der Waals surface area contributed by atoms with Gasteiger partial charge < -0.3 is 5.21 Å². The first-order valence-electron chi connectivity index (χ1n) is 3.15. The van der Waals surface area contributed by atoms with Gasteiger partial charge in [-0.1, -0.05) is 11.6 Å². The number of nitrogens with one attached hydrogen (secondary N) is 1. The highest BCUT2D eigenvalue weighted by atomic mass is 35.5. The van der Waals surface area contributed by atoms with E-state index in [9.17, 15) is 8.78 Å². The van der Waals surface area contributed by atoms with E-state index in [4.69, 9.17) is 16.8 Å². The maximum absolute atomic E-state index is 12.5. The maximum atomic E-state index is 12.5. The van der Waals surface area contributed by atoms with Crippen molar-refractivity contribution in [3.63, 3.8) is 0 Å². The molecule has 2 N–H and O–H groups in total. The van der Waals surface area contributed by atoms with E-state index in [1.807, 2.05) is 0 Å². The Kier molecular flexibility index (Phi) is 2.97. The van der Waals surface area contributed by atoms with Gasteiger partial charge in [0.05, 0.1) is 0 Å². The molecule has 0 aliphatic carbocycles. The molecule has 0 radical (unpaired) electrons. The van der Waals surface area contributed by atoms with E-state index in [0.29, 0.717) is 5.56 Å². The number of hydrogen-bond acceptors (Lipinski definition) is 2. The van der Waals surface area contributed by atoms with Crippen molar-refractivity contribution in [1.82, 2.24) is 5.48 Å². The van der Waals surface area contributed by atoms with E-state index in [1.54, 1.807) is 5.48 Å². The van der Waals surface area contributed by atoms with Crippen LogP contribution in [0.2, 0.25) is 5.02 Å². The Morgan fingerprint density at radius 1 is 1.33 bits per heavy atom. The molecule has 0 unspecified atom stereocenters. The number of hydroxylamine groups is 1. The van der Waals surface area contributed by atoms with Gasteiger partial charge in [-0.3, -0.25) is 0 Å². The normalized spacial score (nSPS) is 10.3. The molecular weight excluding hydrogens is 188 g/mol. The van der Waals surface area contributed by atoms with Crippen LogP contribution in [0, 0.1) is 11.6 Å². The third-order valence-electron chi connectivity index (χ3n) is 1.36. The van der Waals surface area contributed by atoms with Gasteiger partial charge in [0.2, 0.25) is 0 Å². The van der Waals surface area contributed by atoms with E-state index >= 15 is 0 Å². The molecule has 0 saturated heterocycles. The monoisotopic (exact) mass is 193 g/mol. The standard InChI is InChI=1S/C7H6ClF2NO/c8-5-2-7(10)6(9)1-4(5)3-11-12/h1-2,11-12H,3H2. The Morgan fingerprint density at radius 3 is 2.50 bits per heavy atom. The van der Waals surface area contributed by atoms with Crippen LogP contribution in [0.3, 0.4) is 0 Å². The minimum Gasteiger partial charge on any atom is -0.316 e. The highest BCUT2D eigenvalue weighted by Crippen LogP contribution is 2.19. The fourth-order valence-electron chi connectivity index (χ4n) is 0.784. The summed E-state index contributed by atoms with van der Waals surface area (Å²) in [7, 11) is 0. The third kappa shape index (κ3) is 1.91. The Bertz CT molecular complexity index is 293. The van der Waals surface area contributed by atoms with E-state index in [1.165, 1.54) is 0 Å². The summed E-state index contributed by atoms with van der Waals surface area (Å²) >= 11 is 5.52. The van der Waals surface area contributed by atoms with E-state index in [0.717, 1.165) is 12.1 Å². The van der Waals surface area contributed by atoms with E-state index in [2.05, 4.69) is 0 Å². The molecule has 1 rings (SSSR count). The van der Waals surface area contributed by atoms with Crippen molar-refractivity contribution in [2.24, 2.45) is 0 Å². The molecule has 1 aromatic carbocycles. The van der Waals surface area contributed by atoms with Crippen LogP contribution in [-0.4, -0.2) is 5.21 Å². The molecule has 12 heavy (non-hydrogen) atoms. The van der Waals surface area contributed by atoms with Crippen LogP contribution < -0.4 is 5.48 Å². The highest BCUT2D eigenvalue weighted by molar-refractivity contribution is 6.31. The highest BCUT2D eigenvalue weighted by Gasteiger charge is 2.07. The Labute approximate surface area is 72.7 Å². The van der Waals surface area contributed by atoms with Crippen LogP contribution in [0.15, 0.2) is 12.1 Å². The van der Waals surface area contributed by atoms with Gasteiger partial charge in [-0.25, -0.2) is 14.3 Å². The second-order valence-electron chi connectivity index (χ2n) is 2.19. The van der Waals surface area contributed by atoms with E-state index < -0.39 is 11.6 Å². The molecule has 0 amide bonds. The second-order valence-corrected chi connectivity index (χ2v) is 2.60. The fraction of sp³-hybridized carbons (Fsp3) is 0.143. The molecule has 5 heteroatoms. The molecule has 0 saturated carbocycles. The van der Waals surface area contributed by atoms with Crippen LogP contribution in [0.1, 0.15) is 5.56 Å². The molecule has 0 aliphatic heterocycles. The van der Waals surface area contributed by atoms with Crippen LogP contribution >= 0.6 is 11.6 Å². The summed E-state index contributed by atoms with van der Waals surface area (Å²) in [6.45, 7) is -0.0178. The van der Waals surface area contributed by atoms with Gasteiger partial charge in [-0.05, 0) is 17.7 Å². The average molecular weight is 194 g/mol. The van der Waals surface area contributed by atoms with Gasteiger partial charge in [0.15, 0.2) is 11.6 Å². The summed E-state index contributed by atoms with van der Waals surface area (Å²) in [6, 6.07) is 1.80. The summed E-state index contributed by atoms with van der Waals surface area (Å²) in [4.78, 5) is 0. The van der Waals surface area contributed by atoms with Crippen molar-refractivity contribution in [1.29, 1.82) is 0 Å². The predicted octanol–water partition coefficient (Wildman–Crippen LogP) is 2.10. The minimum atomic E-state index is -0.998. The van der Waals surface area contributed by atoms with Crippen molar-refractivity contribution in [2.75, 3.05) is 0 Å². The zero-order valence-corrected chi connectivity index (χ0v) is 6.70. The molecule has 0 bridgehead atoms. The van der Waals surface area contributed by atoms with Gasteiger partial charge in [-0.15, -0.1) is 0 Å². The predicted molar refractivity (Wildman–Crippen MR) is 40.0 cm³/mol. The summed E-state index contributed by atoms with van der Waals surface area (Å²) in [5.41, 5.74) is 2.10. The Hall–Kier alpha value is -0.710. The first-order chi connectivity index (χ1) is 5.65. The molecule has 0 heterocycles. The van der Waals surface area contributed by atoms with Gasteiger partial charge in [0, 0.05) is 11.6 Å². The Balaban J connectivity index is 3.05. The number of halogens is 3. The van der Waals surface area contributed by atoms with Gasteiger partial charge in [0.1, 0.15) is 0 Å². The first-order valence-corrected chi connectivity index (χ1v) is 3.53. The zero-order valence-electron chi connectivity index (χ0n) is 5.94. The summed E-state index contributed by atoms with van der Waals surface area (Å²) in [6.07, 6.45) is 0.